The van der Waals surface area contributed by atoms with Crippen LogP contribution in [-0.4, -0.2) is 53.4 Å². The molecule has 1 aromatic heterocycles. The van der Waals surface area contributed by atoms with Crippen LogP contribution in [0, 0.1) is 12.8 Å². The molecule has 0 aromatic carbocycles. The van der Waals surface area contributed by atoms with Crippen LogP contribution >= 0.6 is 0 Å². The van der Waals surface area contributed by atoms with Crippen molar-refractivity contribution in [3.8, 4) is 0 Å². The highest BCUT2D eigenvalue weighted by molar-refractivity contribution is 7.90. The molecule has 4 rings (SSSR count). The maximum absolute atomic E-state index is 12.4. The molecule has 1 atom stereocenters. The fraction of sp³-hybridized carbons (Fsp3) is 0.875. The monoisotopic (exact) mass is 355 g/mol. The second-order valence-corrected chi connectivity index (χ2v) is 9.68. The van der Waals surface area contributed by atoms with Gasteiger partial charge >= 0.3 is 0 Å². The molecule has 0 bridgehead atoms. The zero-order valence-corrected chi connectivity index (χ0v) is 14.9. The molecular formula is C16H25N3O4S. The average molecular weight is 355 g/mol. The number of nitrogens with zero attached hydrogens (tertiary/aromatic N) is 3. The number of aryl methyl sites for hydroxylation is 1. The van der Waals surface area contributed by atoms with Gasteiger partial charge in [0.1, 0.15) is 0 Å². The van der Waals surface area contributed by atoms with Crippen LogP contribution in [0.3, 0.4) is 0 Å². The minimum atomic E-state index is -3.06. The Morgan fingerprint density at radius 2 is 2.00 bits per heavy atom. The summed E-state index contributed by atoms with van der Waals surface area (Å²) in [5.74, 6) is 1.84. The van der Waals surface area contributed by atoms with Gasteiger partial charge in [-0.05, 0) is 44.4 Å². The summed E-state index contributed by atoms with van der Waals surface area (Å²) in [5.41, 5.74) is -0.169. The van der Waals surface area contributed by atoms with E-state index in [1.807, 2.05) is 0 Å². The number of hydrogen-bond donors (Lipinski definition) is 0. The van der Waals surface area contributed by atoms with Crippen molar-refractivity contribution in [1.82, 2.24) is 14.4 Å². The number of ether oxygens (including phenoxy) is 1. The predicted molar refractivity (Wildman–Crippen MR) is 86.9 cm³/mol. The smallest absolute Gasteiger partial charge is 0.223 e. The van der Waals surface area contributed by atoms with Gasteiger partial charge in [0.05, 0.1) is 10.9 Å². The molecule has 3 heterocycles. The van der Waals surface area contributed by atoms with E-state index in [2.05, 4.69) is 10.1 Å². The maximum atomic E-state index is 12.4. The lowest BCUT2D eigenvalue weighted by Crippen LogP contribution is -2.51. The number of aromatic nitrogens is 2. The Bertz CT molecular complexity index is 690. The molecule has 1 aliphatic carbocycles. The Morgan fingerprint density at radius 1 is 1.25 bits per heavy atom. The summed E-state index contributed by atoms with van der Waals surface area (Å²) in [6.07, 6.45) is 6.00. The van der Waals surface area contributed by atoms with Gasteiger partial charge in [-0.3, -0.25) is 0 Å². The van der Waals surface area contributed by atoms with Gasteiger partial charge in [0.25, 0.3) is 0 Å². The van der Waals surface area contributed by atoms with E-state index in [1.54, 1.807) is 11.2 Å². The van der Waals surface area contributed by atoms with Gasteiger partial charge in [-0.15, -0.1) is 0 Å². The molecule has 3 aliphatic rings. The number of sulfonamides is 1. The van der Waals surface area contributed by atoms with Gasteiger partial charge in [0.15, 0.2) is 5.82 Å². The SMILES string of the molecule is Cc1nc(CC2CCOC3(CCN(S(=O)(=O)C4CC4)CC3)C2)no1. The Morgan fingerprint density at radius 3 is 2.62 bits per heavy atom. The van der Waals surface area contributed by atoms with E-state index in [-0.39, 0.29) is 10.9 Å². The molecule has 2 aliphatic heterocycles. The van der Waals surface area contributed by atoms with Crippen molar-refractivity contribution in [3.05, 3.63) is 11.7 Å². The highest BCUT2D eigenvalue weighted by Crippen LogP contribution is 2.40. The van der Waals surface area contributed by atoms with Crippen LogP contribution in [0.4, 0.5) is 0 Å². The van der Waals surface area contributed by atoms with E-state index >= 15 is 0 Å². The van der Waals surface area contributed by atoms with Crippen molar-refractivity contribution in [2.45, 2.75) is 62.7 Å². The van der Waals surface area contributed by atoms with E-state index in [4.69, 9.17) is 9.26 Å². The molecule has 0 radical (unpaired) electrons. The standard InChI is InChI=1S/C16H25N3O4S/c1-12-17-15(18-23-12)10-13-4-9-22-16(11-13)5-7-19(8-6-16)24(20,21)14-2-3-14/h13-14H,2-11H2,1H3. The van der Waals surface area contributed by atoms with Crippen LogP contribution in [-0.2, 0) is 21.2 Å². The third-order valence-corrected chi connectivity index (χ3v) is 7.97. The second kappa shape index (κ2) is 6.07. The summed E-state index contributed by atoms with van der Waals surface area (Å²) in [5, 5.41) is 3.88. The summed E-state index contributed by atoms with van der Waals surface area (Å²) < 4.78 is 37.6. The third kappa shape index (κ3) is 3.23. The third-order valence-electron chi connectivity index (χ3n) is 5.58. The fourth-order valence-electron chi connectivity index (χ4n) is 4.06. The van der Waals surface area contributed by atoms with Crippen molar-refractivity contribution in [1.29, 1.82) is 0 Å². The highest BCUT2D eigenvalue weighted by atomic mass is 32.2. The average Bonchev–Trinajstić information content (AvgIpc) is 3.33. The van der Waals surface area contributed by atoms with Crippen molar-refractivity contribution < 1.29 is 17.7 Å². The summed E-state index contributed by atoms with van der Waals surface area (Å²) >= 11 is 0. The summed E-state index contributed by atoms with van der Waals surface area (Å²) in [6.45, 7) is 3.72. The molecule has 134 valence electrons. The Hall–Kier alpha value is -0.990. The summed E-state index contributed by atoms with van der Waals surface area (Å²) in [4.78, 5) is 4.30. The van der Waals surface area contributed by atoms with E-state index < -0.39 is 10.0 Å². The number of hydrogen-bond acceptors (Lipinski definition) is 6. The van der Waals surface area contributed by atoms with Crippen LogP contribution in [0.2, 0.25) is 0 Å². The Balaban J connectivity index is 1.37. The lowest BCUT2D eigenvalue weighted by molar-refractivity contribution is -0.120. The topological polar surface area (TPSA) is 85.5 Å². The molecule has 3 fully saturated rings. The van der Waals surface area contributed by atoms with E-state index in [0.717, 1.165) is 57.4 Å². The van der Waals surface area contributed by atoms with Gasteiger partial charge < -0.3 is 9.26 Å². The fourth-order valence-corrected chi connectivity index (χ4v) is 5.90. The lowest BCUT2D eigenvalue weighted by atomic mass is 9.78. The highest BCUT2D eigenvalue weighted by Gasteiger charge is 2.46. The van der Waals surface area contributed by atoms with Crippen LogP contribution < -0.4 is 0 Å². The number of piperidine rings is 1. The van der Waals surface area contributed by atoms with Crippen molar-refractivity contribution in [2.24, 2.45) is 5.92 Å². The van der Waals surface area contributed by atoms with Crippen molar-refractivity contribution >= 4 is 10.0 Å². The molecule has 1 unspecified atom stereocenters. The number of rotatable bonds is 4. The first-order valence-corrected chi connectivity index (χ1v) is 10.4. The second-order valence-electron chi connectivity index (χ2n) is 7.47. The molecule has 1 spiro atoms. The molecule has 1 aromatic rings. The van der Waals surface area contributed by atoms with Crippen molar-refractivity contribution in [2.75, 3.05) is 19.7 Å². The summed E-state index contributed by atoms with van der Waals surface area (Å²) in [7, 11) is -3.06. The Kier molecular flexibility index (Phi) is 4.17. The molecule has 1 saturated carbocycles. The first-order valence-electron chi connectivity index (χ1n) is 8.89. The molecule has 0 amide bonds. The molecule has 0 N–H and O–H groups in total. The molecule has 24 heavy (non-hydrogen) atoms. The molecule has 2 saturated heterocycles. The van der Waals surface area contributed by atoms with Crippen LogP contribution in [0.1, 0.15) is 50.2 Å². The normalized spacial score (nSPS) is 28.3. The lowest BCUT2D eigenvalue weighted by Gasteiger charge is -2.45. The first-order chi connectivity index (χ1) is 11.5. The van der Waals surface area contributed by atoms with E-state index in [1.165, 1.54) is 0 Å². The van der Waals surface area contributed by atoms with Crippen LogP contribution in [0.5, 0.6) is 0 Å². The first kappa shape index (κ1) is 16.5. The van der Waals surface area contributed by atoms with Gasteiger partial charge in [0.2, 0.25) is 15.9 Å². The Labute approximate surface area is 142 Å². The van der Waals surface area contributed by atoms with E-state index in [0.29, 0.717) is 24.9 Å². The van der Waals surface area contributed by atoms with Crippen LogP contribution in [0.25, 0.3) is 0 Å². The van der Waals surface area contributed by atoms with Gasteiger partial charge in [-0.25, -0.2) is 12.7 Å². The maximum Gasteiger partial charge on any atom is 0.223 e. The van der Waals surface area contributed by atoms with Gasteiger partial charge in [-0.1, -0.05) is 5.16 Å². The zero-order valence-electron chi connectivity index (χ0n) is 14.1. The zero-order chi connectivity index (χ0) is 16.8. The van der Waals surface area contributed by atoms with Crippen LogP contribution in [0.15, 0.2) is 4.52 Å². The van der Waals surface area contributed by atoms with Crippen molar-refractivity contribution in [3.63, 3.8) is 0 Å². The predicted octanol–water partition coefficient (Wildman–Crippen LogP) is 1.67. The molecule has 7 nitrogen and oxygen atoms in total. The quantitative estimate of drug-likeness (QED) is 0.817. The minimum Gasteiger partial charge on any atom is -0.375 e. The minimum absolute atomic E-state index is 0.118. The molecule has 8 heteroatoms. The summed E-state index contributed by atoms with van der Waals surface area (Å²) in [6, 6.07) is 0. The largest absolute Gasteiger partial charge is 0.375 e. The van der Waals surface area contributed by atoms with E-state index in [9.17, 15) is 8.42 Å². The molecular weight excluding hydrogens is 330 g/mol. The van der Waals surface area contributed by atoms with Gasteiger partial charge in [0, 0.05) is 33.0 Å². The van der Waals surface area contributed by atoms with Gasteiger partial charge in [-0.2, -0.15) is 4.98 Å².